The van der Waals surface area contributed by atoms with Gasteiger partial charge in [0.25, 0.3) is 0 Å². The molecule has 1 nitrogen and oxygen atoms in total. The van der Waals surface area contributed by atoms with Crippen LogP contribution in [0.4, 0.5) is 0 Å². The lowest BCUT2D eigenvalue weighted by Crippen LogP contribution is -1.27. The Morgan fingerprint density at radius 1 is 0.923 bits per heavy atom. The second-order valence-corrected chi connectivity index (χ2v) is 1.52. The van der Waals surface area contributed by atoms with Crippen molar-refractivity contribution in [2.75, 3.05) is 7.11 Å². The first-order valence-electron chi connectivity index (χ1n) is 4.33. The van der Waals surface area contributed by atoms with Gasteiger partial charge in [0.05, 0.1) is 0 Å². The lowest BCUT2D eigenvalue weighted by molar-refractivity contribution is 0.399. The molecule has 0 aromatic rings. The molecule has 0 aliphatic heterocycles. The number of hydrogen-bond acceptors (Lipinski definition) is 1. The van der Waals surface area contributed by atoms with E-state index in [9.17, 15) is 0 Å². The summed E-state index contributed by atoms with van der Waals surface area (Å²) in [5, 5.41) is 7.00. The quantitative estimate of drug-likeness (QED) is 0.565. The Labute approximate surface area is 85.5 Å². The van der Waals surface area contributed by atoms with Gasteiger partial charge in [0, 0.05) is 7.11 Å². The molecular formula is C12H28O. The molecule has 0 aromatic heterocycles. The van der Waals surface area contributed by atoms with Gasteiger partial charge >= 0.3 is 0 Å². The molecule has 0 fully saturated rings. The average molecular weight is 188 g/mol. The highest BCUT2D eigenvalue weighted by Crippen LogP contribution is 1.56. The molecule has 13 heavy (non-hydrogen) atoms. The molecule has 1 N–H and O–H groups in total. The molecule has 0 aliphatic rings. The average Bonchev–Trinajstić information content (AvgIpc) is 2.14. The number of rotatable bonds is 0. The van der Waals surface area contributed by atoms with Crippen molar-refractivity contribution in [1.82, 2.24) is 0 Å². The number of allylic oxidation sites excluding steroid dienone is 2. The summed E-state index contributed by atoms with van der Waals surface area (Å²) in [4.78, 5) is 0. The van der Waals surface area contributed by atoms with E-state index in [-0.39, 0.29) is 0 Å². The standard InChI is InChI=1S/C3H8.2C3H6.C2H4.CH4O/c3*1-3-2;2*1-2/h3H2,1-2H3;2*3H,1H2,2H3;1-2H2;2H,1H3. The van der Waals surface area contributed by atoms with Crippen LogP contribution in [0.15, 0.2) is 38.5 Å². The maximum atomic E-state index is 7.00. The minimum absolute atomic E-state index is 1.00. The topological polar surface area (TPSA) is 20.2 Å². The van der Waals surface area contributed by atoms with E-state index in [4.69, 9.17) is 5.11 Å². The molecule has 0 radical (unpaired) electrons. The Hall–Kier alpha value is -0.820. The summed E-state index contributed by atoms with van der Waals surface area (Å²) in [7, 11) is 1.00. The second kappa shape index (κ2) is 244. The van der Waals surface area contributed by atoms with Gasteiger partial charge in [-0.2, -0.15) is 0 Å². The van der Waals surface area contributed by atoms with Crippen molar-refractivity contribution in [2.45, 2.75) is 34.1 Å². The summed E-state index contributed by atoms with van der Waals surface area (Å²) in [5.74, 6) is 0. The molecule has 0 saturated carbocycles. The zero-order chi connectivity index (χ0) is 12.1. The van der Waals surface area contributed by atoms with Crippen LogP contribution in [0.3, 0.4) is 0 Å². The molecule has 0 saturated heterocycles. The van der Waals surface area contributed by atoms with E-state index >= 15 is 0 Å². The zero-order valence-corrected chi connectivity index (χ0v) is 10.1. The predicted octanol–water partition coefficient (Wildman–Crippen LogP) is 4.21. The maximum absolute atomic E-state index is 7.00. The minimum Gasteiger partial charge on any atom is -0.400 e. The molecule has 0 heterocycles. The molecule has 0 rings (SSSR count). The van der Waals surface area contributed by atoms with Crippen molar-refractivity contribution < 1.29 is 5.11 Å². The van der Waals surface area contributed by atoms with Crippen molar-refractivity contribution in [3.63, 3.8) is 0 Å². The normalized spacial score (nSPS) is 4.15. The third-order valence-corrected chi connectivity index (χ3v) is 0. The Bertz CT molecular complexity index is 43.1. The van der Waals surface area contributed by atoms with E-state index < -0.39 is 0 Å². The maximum Gasteiger partial charge on any atom is 0.0319 e. The van der Waals surface area contributed by atoms with Crippen molar-refractivity contribution in [3.05, 3.63) is 38.5 Å². The molecule has 82 valence electrons. The third-order valence-electron chi connectivity index (χ3n) is 0. The van der Waals surface area contributed by atoms with Crippen LogP contribution in [0, 0.1) is 0 Å². The van der Waals surface area contributed by atoms with Crippen LogP contribution in [0.25, 0.3) is 0 Å². The van der Waals surface area contributed by atoms with Gasteiger partial charge in [-0.3, -0.25) is 0 Å². The van der Waals surface area contributed by atoms with E-state index in [1.54, 1.807) is 12.2 Å². The van der Waals surface area contributed by atoms with Gasteiger partial charge in [-0.05, 0) is 13.8 Å². The Kier molecular flexibility index (Phi) is 554. The highest BCUT2D eigenvalue weighted by molar-refractivity contribution is 4.51. The predicted molar refractivity (Wildman–Crippen MR) is 67.1 cm³/mol. The SMILES string of the molecule is C=C.C=CC.C=CC.CCC.CO. The van der Waals surface area contributed by atoms with Crippen LogP contribution in [0.1, 0.15) is 34.1 Å². The van der Waals surface area contributed by atoms with Gasteiger partial charge in [-0.15, -0.1) is 26.3 Å². The fourth-order valence-corrected chi connectivity index (χ4v) is 0. The number of aliphatic hydroxyl groups is 1. The molecule has 0 spiro atoms. The van der Waals surface area contributed by atoms with Crippen molar-refractivity contribution in [2.24, 2.45) is 0 Å². The first-order valence-corrected chi connectivity index (χ1v) is 4.33. The van der Waals surface area contributed by atoms with Gasteiger partial charge in [-0.1, -0.05) is 32.4 Å². The zero-order valence-electron chi connectivity index (χ0n) is 10.1. The summed E-state index contributed by atoms with van der Waals surface area (Å²) < 4.78 is 0. The van der Waals surface area contributed by atoms with Crippen LogP contribution >= 0.6 is 0 Å². The van der Waals surface area contributed by atoms with Gasteiger partial charge in [0.15, 0.2) is 0 Å². The van der Waals surface area contributed by atoms with Crippen LogP contribution in [-0.2, 0) is 0 Å². The first-order chi connectivity index (χ1) is 6.24. The van der Waals surface area contributed by atoms with Crippen LogP contribution < -0.4 is 0 Å². The van der Waals surface area contributed by atoms with Crippen molar-refractivity contribution >= 4 is 0 Å². The minimum atomic E-state index is 1.00. The smallest absolute Gasteiger partial charge is 0.0319 e. The van der Waals surface area contributed by atoms with Gasteiger partial charge in [0.2, 0.25) is 0 Å². The van der Waals surface area contributed by atoms with Gasteiger partial charge in [0.1, 0.15) is 0 Å². The first kappa shape index (κ1) is 29.5. The summed E-state index contributed by atoms with van der Waals surface area (Å²) in [6.45, 7) is 20.8. The van der Waals surface area contributed by atoms with Crippen LogP contribution in [0.5, 0.6) is 0 Å². The largest absolute Gasteiger partial charge is 0.400 e. The molecule has 0 unspecified atom stereocenters. The number of hydrogen-bond donors (Lipinski definition) is 1. The van der Waals surface area contributed by atoms with E-state index in [1.807, 2.05) is 13.8 Å². The fraction of sp³-hybridized carbons (Fsp3) is 0.500. The Balaban J connectivity index is -0.0000000208. The second-order valence-electron chi connectivity index (χ2n) is 1.52. The Morgan fingerprint density at radius 2 is 0.923 bits per heavy atom. The summed E-state index contributed by atoms with van der Waals surface area (Å²) in [5.41, 5.74) is 0. The van der Waals surface area contributed by atoms with E-state index in [0.29, 0.717) is 0 Å². The molecule has 1 heteroatoms. The molecule has 0 atom stereocenters. The van der Waals surface area contributed by atoms with Crippen LogP contribution in [-0.4, -0.2) is 12.2 Å². The van der Waals surface area contributed by atoms with E-state index in [1.165, 1.54) is 6.42 Å². The fourth-order valence-electron chi connectivity index (χ4n) is 0. The lowest BCUT2D eigenvalue weighted by atomic mass is 10.6. The molecule has 0 aromatic carbocycles. The molecule has 0 aliphatic carbocycles. The van der Waals surface area contributed by atoms with Gasteiger partial charge in [-0.25, -0.2) is 0 Å². The highest BCUT2D eigenvalue weighted by Gasteiger charge is 1.35. The lowest BCUT2D eigenvalue weighted by Gasteiger charge is -1.48. The Morgan fingerprint density at radius 3 is 0.923 bits per heavy atom. The van der Waals surface area contributed by atoms with Crippen molar-refractivity contribution in [3.8, 4) is 0 Å². The molecule has 0 amide bonds. The van der Waals surface area contributed by atoms with E-state index in [2.05, 4.69) is 40.2 Å². The third kappa shape index (κ3) is 1400. The summed E-state index contributed by atoms with van der Waals surface area (Å²) in [6.07, 6.45) is 4.75. The van der Waals surface area contributed by atoms with E-state index in [0.717, 1.165) is 7.11 Å². The monoisotopic (exact) mass is 188 g/mol. The summed E-state index contributed by atoms with van der Waals surface area (Å²) in [6, 6.07) is 0. The molecule has 0 bridgehead atoms. The summed E-state index contributed by atoms with van der Waals surface area (Å²) >= 11 is 0. The highest BCUT2D eigenvalue weighted by atomic mass is 16.2. The number of aliphatic hydroxyl groups excluding tert-OH is 1. The molecular weight excluding hydrogens is 160 g/mol. The van der Waals surface area contributed by atoms with Crippen LogP contribution in [0.2, 0.25) is 0 Å². The van der Waals surface area contributed by atoms with Crippen molar-refractivity contribution in [1.29, 1.82) is 0 Å². The van der Waals surface area contributed by atoms with Gasteiger partial charge < -0.3 is 5.11 Å².